The van der Waals surface area contributed by atoms with Crippen molar-refractivity contribution in [2.45, 2.75) is 20.8 Å². The molecule has 1 aliphatic heterocycles. The minimum absolute atomic E-state index is 0.147. The summed E-state index contributed by atoms with van der Waals surface area (Å²) in [6, 6.07) is 4.85. The van der Waals surface area contributed by atoms with Gasteiger partial charge < -0.3 is 18.9 Å². The van der Waals surface area contributed by atoms with Gasteiger partial charge in [0.05, 0.1) is 25.2 Å². The van der Waals surface area contributed by atoms with Crippen molar-refractivity contribution in [1.29, 1.82) is 0 Å². The molecular weight excluding hydrogens is 426 g/mol. The van der Waals surface area contributed by atoms with Crippen LogP contribution in [0, 0.1) is 5.92 Å². The zero-order valence-corrected chi connectivity index (χ0v) is 18.7. The number of hydrogen-bond acceptors (Lipinski definition) is 9. The van der Waals surface area contributed by atoms with Gasteiger partial charge in [-0.2, -0.15) is 0 Å². The van der Waals surface area contributed by atoms with E-state index in [0.29, 0.717) is 11.3 Å². The minimum Gasteiger partial charge on any atom is -0.493 e. The van der Waals surface area contributed by atoms with Crippen LogP contribution < -0.4 is 9.47 Å². The number of nitrogens with zero attached hydrogens (tertiary/aromatic N) is 1. The summed E-state index contributed by atoms with van der Waals surface area (Å²) in [5.74, 6) is -0.935. The number of esters is 2. The lowest BCUT2D eigenvalue weighted by Crippen LogP contribution is -2.34. The first-order valence-corrected chi connectivity index (χ1v) is 10.4. The van der Waals surface area contributed by atoms with Crippen molar-refractivity contribution in [2.24, 2.45) is 5.92 Å². The predicted molar refractivity (Wildman–Crippen MR) is 114 cm³/mol. The molecule has 0 bridgehead atoms. The van der Waals surface area contributed by atoms with Crippen LogP contribution in [-0.4, -0.2) is 61.5 Å². The maximum Gasteiger partial charge on any atom is 0.344 e. The molecule has 0 saturated carbocycles. The fourth-order valence-corrected chi connectivity index (χ4v) is 3.30. The molecule has 1 saturated heterocycles. The van der Waals surface area contributed by atoms with Gasteiger partial charge in [0.25, 0.3) is 11.1 Å². The number of thioether (sulfide) groups is 1. The Balaban J connectivity index is 2.12. The van der Waals surface area contributed by atoms with E-state index in [9.17, 15) is 19.2 Å². The van der Waals surface area contributed by atoms with Gasteiger partial charge in [-0.15, -0.1) is 0 Å². The van der Waals surface area contributed by atoms with E-state index in [-0.39, 0.29) is 36.4 Å². The third-order valence-electron chi connectivity index (χ3n) is 3.87. The second-order valence-electron chi connectivity index (χ2n) is 6.85. The van der Waals surface area contributed by atoms with Crippen LogP contribution in [0.3, 0.4) is 0 Å². The zero-order valence-electron chi connectivity index (χ0n) is 17.8. The third kappa shape index (κ3) is 7.02. The Bertz CT molecular complexity index is 880. The number of amides is 2. The van der Waals surface area contributed by atoms with Crippen molar-refractivity contribution in [3.8, 4) is 11.5 Å². The van der Waals surface area contributed by atoms with E-state index in [1.165, 1.54) is 13.2 Å². The topological polar surface area (TPSA) is 108 Å². The van der Waals surface area contributed by atoms with Crippen LogP contribution >= 0.6 is 11.8 Å². The second kappa shape index (κ2) is 11.4. The van der Waals surface area contributed by atoms with Gasteiger partial charge in [0, 0.05) is 0 Å². The van der Waals surface area contributed by atoms with Crippen molar-refractivity contribution < 1.29 is 38.1 Å². The van der Waals surface area contributed by atoms with Gasteiger partial charge in [0.2, 0.25) is 0 Å². The molecule has 0 aromatic heterocycles. The van der Waals surface area contributed by atoms with Gasteiger partial charge in [-0.1, -0.05) is 19.9 Å². The van der Waals surface area contributed by atoms with E-state index >= 15 is 0 Å². The molecule has 168 valence electrons. The van der Waals surface area contributed by atoms with Crippen LogP contribution in [0.15, 0.2) is 23.1 Å². The molecule has 0 radical (unpaired) electrons. The first-order valence-electron chi connectivity index (χ1n) is 9.62. The van der Waals surface area contributed by atoms with Crippen molar-refractivity contribution in [3.05, 3.63) is 28.7 Å². The van der Waals surface area contributed by atoms with Crippen molar-refractivity contribution >= 4 is 40.9 Å². The summed E-state index contributed by atoms with van der Waals surface area (Å²) < 4.78 is 20.5. The molecule has 0 aliphatic carbocycles. The maximum atomic E-state index is 12.6. The Morgan fingerprint density at radius 1 is 1.13 bits per heavy atom. The van der Waals surface area contributed by atoms with Gasteiger partial charge in [-0.25, -0.2) is 4.79 Å². The van der Waals surface area contributed by atoms with Gasteiger partial charge >= 0.3 is 11.9 Å². The number of carbonyl (C=O) groups excluding carboxylic acids is 4. The molecule has 1 aromatic carbocycles. The predicted octanol–water partition coefficient (Wildman–Crippen LogP) is 2.87. The van der Waals surface area contributed by atoms with Gasteiger partial charge in [-0.3, -0.25) is 19.3 Å². The Kier molecular flexibility index (Phi) is 8.92. The minimum atomic E-state index is -0.642. The van der Waals surface area contributed by atoms with E-state index < -0.39 is 29.6 Å². The Morgan fingerprint density at radius 2 is 1.87 bits per heavy atom. The van der Waals surface area contributed by atoms with Crippen LogP contribution in [0.4, 0.5) is 4.79 Å². The number of imide groups is 1. The molecule has 31 heavy (non-hydrogen) atoms. The molecule has 0 unspecified atom stereocenters. The summed E-state index contributed by atoms with van der Waals surface area (Å²) in [7, 11) is 1.45. The smallest absolute Gasteiger partial charge is 0.344 e. The second-order valence-corrected chi connectivity index (χ2v) is 7.84. The van der Waals surface area contributed by atoms with Crippen molar-refractivity contribution in [2.75, 3.05) is 33.5 Å². The first-order chi connectivity index (χ1) is 14.7. The molecule has 1 aromatic rings. The number of methoxy groups -OCH3 is 1. The molecular formula is C21H25NO8S. The van der Waals surface area contributed by atoms with Crippen molar-refractivity contribution in [3.63, 3.8) is 0 Å². The Morgan fingerprint density at radius 3 is 2.52 bits per heavy atom. The number of benzene rings is 1. The molecule has 0 atom stereocenters. The highest BCUT2D eigenvalue weighted by Crippen LogP contribution is 2.34. The zero-order chi connectivity index (χ0) is 23.0. The highest BCUT2D eigenvalue weighted by atomic mass is 32.2. The number of hydrogen-bond donors (Lipinski definition) is 0. The molecule has 0 N–H and O–H groups in total. The van der Waals surface area contributed by atoms with E-state index in [0.717, 1.165) is 16.7 Å². The fraction of sp³-hybridized carbons (Fsp3) is 0.429. The Hall–Kier alpha value is -3.01. The Labute approximate surface area is 184 Å². The maximum absolute atomic E-state index is 12.6. The number of ether oxygens (including phenoxy) is 4. The highest BCUT2D eigenvalue weighted by Gasteiger charge is 2.36. The molecule has 0 spiro atoms. The average Bonchev–Trinajstić information content (AvgIpc) is 2.98. The largest absolute Gasteiger partial charge is 0.493 e. The molecule has 1 aliphatic rings. The molecule has 1 heterocycles. The third-order valence-corrected chi connectivity index (χ3v) is 4.78. The molecule has 9 nitrogen and oxygen atoms in total. The van der Waals surface area contributed by atoms with E-state index in [1.54, 1.807) is 25.1 Å². The van der Waals surface area contributed by atoms with E-state index in [2.05, 4.69) is 0 Å². The lowest BCUT2D eigenvalue weighted by Gasteiger charge is -2.13. The monoisotopic (exact) mass is 451 g/mol. The summed E-state index contributed by atoms with van der Waals surface area (Å²) in [6.07, 6.45) is 1.50. The van der Waals surface area contributed by atoms with Gasteiger partial charge in [0.1, 0.15) is 6.54 Å². The van der Waals surface area contributed by atoms with Crippen LogP contribution in [-0.2, 0) is 23.9 Å². The number of carbonyl (C=O) groups is 4. The van der Waals surface area contributed by atoms with Crippen LogP contribution in [0.5, 0.6) is 11.5 Å². The SMILES string of the molecule is CCOC(=O)COc1cc(/C=C2\SC(=O)N(CC(=O)OCC(C)C)C2=O)ccc1OC. The van der Waals surface area contributed by atoms with Crippen molar-refractivity contribution in [1.82, 2.24) is 4.90 Å². The quantitative estimate of drug-likeness (QED) is 0.392. The van der Waals surface area contributed by atoms with Gasteiger partial charge in [0.15, 0.2) is 18.1 Å². The lowest BCUT2D eigenvalue weighted by atomic mass is 10.2. The fourth-order valence-electron chi connectivity index (χ4n) is 2.46. The van der Waals surface area contributed by atoms with Crippen LogP contribution in [0.25, 0.3) is 6.08 Å². The summed E-state index contributed by atoms with van der Waals surface area (Å²) in [5, 5.41) is -0.551. The van der Waals surface area contributed by atoms with E-state index in [1.807, 2.05) is 13.8 Å². The van der Waals surface area contributed by atoms with Crippen LogP contribution in [0.1, 0.15) is 26.3 Å². The summed E-state index contributed by atoms with van der Waals surface area (Å²) in [5.41, 5.74) is 0.549. The highest BCUT2D eigenvalue weighted by molar-refractivity contribution is 8.18. The average molecular weight is 451 g/mol. The van der Waals surface area contributed by atoms with Crippen LogP contribution in [0.2, 0.25) is 0 Å². The van der Waals surface area contributed by atoms with Gasteiger partial charge in [-0.05, 0) is 48.4 Å². The standard InChI is InChI=1S/C21H25NO8S/c1-5-28-19(24)12-29-16-8-14(6-7-15(16)27-4)9-17-20(25)22(21(26)31-17)10-18(23)30-11-13(2)3/h6-9,13H,5,10-12H2,1-4H3/b17-9-. The molecule has 2 amide bonds. The lowest BCUT2D eigenvalue weighted by molar-refractivity contribution is -0.147. The molecule has 2 rings (SSSR count). The first kappa shape index (κ1) is 24.3. The normalized spacial score (nSPS) is 14.9. The summed E-state index contributed by atoms with van der Waals surface area (Å²) in [6.45, 7) is 5.17. The number of rotatable bonds is 10. The summed E-state index contributed by atoms with van der Waals surface area (Å²) in [4.78, 5) is 49.2. The molecule has 1 fully saturated rings. The van der Waals surface area contributed by atoms with E-state index in [4.69, 9.17) is 18.9 Å². The molecule has 10 heteroatoms. The summed E-state index contributed by atoms with van der Waals surface area (Å²) >= 11 is 0.728.